The van der Waals surface area contributed by atoms with Crippen LogP contribution in [0.1, 0.15) is 0 Å². The van der Waals surface area contributed by atoms with Crippen molar-refractivity contribution in [2.75, 3.05) is 5.49 Å². The number of hydrogen-bond donors (Lipinski definition) is 0. The van der Waals surface area contributed by atoms with Crippen LogP contribution in [0.4, 0.5) is 4.79 Å². The quantitative estimate of drug-likeness (QED) is 0.432. The zero-order chi connectivity index (χ0) is 13.5. The van der Waals surface area contributed by atoms with Gasteiger partial charge in [0.1, 0.15) is 0 Å². The molecule has 0 N–H and O–H groups in total. The topological polar surface area (TPSA) is 17.1 Å². The summed E-state index contributed by atoms with van der Waals surface area (Å²) in [5.41, 5.74) is 0.835. The number of carbonyl (C=O) groups excluding carboxylic acids is 1. The van der Waals surface area contributed by atoms with Gasteiger partial charge in [0.2, 0.25) is 0 Å². The van der Waals surface area contributed by atoms with E-state index >= 15 is 0 Å². The third kappa shape index (κ3) is 4.62. The molecule has 0 amide bonds. The monoisotopic (exact) mass is 397 g/mol. The van der Waals surface area contributed by atoms with E-state index in [1.54, 1.807) is 5.14 Å². The fraction of sp³-hybridized carbons (Fsp3) is 0.0714. The molecule has 19 heavy (non-hydrogen) atoms. The molecule has 1 radical (unpaired) electrons. The Morgan fingerprint density at radius 2 is 1.47 bits per heavy atom. The number of benzene rings is 2. The Balaban J connectivity index is 2.21. The minimum Gasteiger partial charge on any atom is -0.299 e. The van der Waals surface area contributed by atoms with Crippen LogP contribution in [0.25, 0.3) is 0 Å². The predicted octanol–water partition coefficient (Wildman–Crippen LogP) is 3.98. The molecule has 1 nitrogen and oxygen atoms in total. The second-order valence-electron chi connectivity index (χ2n) is 3.80. The van der Waals surface area contributed by atoms with Crippen molar-refractivity contribution < 1.29 is 4.79 Å². The molecule has 0 heterocycles. The Hall–Kier alpha value is -0.315. The van der Waals surface area contributed by atoms with Gasteiger partial charge in [-0.15, -0.1) is 22.4 Å². The predicted molar refractivity (Wildman–Crippen MR) is 96.7 cm³/mol. The summed E-state index contributed by atoms with van der Waals surface area (Å²) < 4.78 is 0. The first-order chi connectivity index (χ1) is 9.31. The molecule has 2 aromatic rings. The van der Waals surface area contributed by atoms with Crippen LogP contribution in [0.5, 0.6) is 0 Å². The van der Waals surface area contributed by atoms with E-state index in [1.165, 1.54) is 22.4 Å². The molecule has 0 aliphatic carbocycles. The lowest BCUT2D eigenvalue weighted by Gasteiger charge is -2.17. The molecule has 2 aromatic carbocycles. The molecule has 95 valence electrons. The van der Waals surface area contributed by atoms with Crippen LogP contribution in [0.2, 0.25) is 0 Å². The molecule has 5 heteroatoms. The lowest BCUT2D eigenvalue weighted by Crippen LogP contribution is -2.13. The number of carbonyl (C=O) groups is 1. The first-order valence-corrected chi connectivity index (χ1v) is 9.55. The first kappa shape index (κ1) is 15.1. The second-order valence-corrected chi connectivity index (χ2v) is 8.04. The highest BCUT2D eigenvalue weighted by atomic mass is 127. The minimum atomic E-state index is -0.470. The van der Waals surface area contributed by atoms with Crippen LogP contribution in [-0.4, -0.2) is 15.6 Å². The largest absolute Gasteiger partial charge is 0.302 e. The standard InChI is InChI=1S/C14H12BIOPS/c16-15-14(17)19-11-18(12-7-3-1-4-8-12)13-9-5-2-6-10-13/h1-10H,11H2. The maximum atomic E-state index is 11.5. The van der Waals surface area contributed by atoms with Gasteiger partial charge >= 0.3 is 5.14 Å². The van der Waals surface area contributed by atoms with Crippen LogP contribution in [-0.2, 0) is 0 Å². The van der Waals surface area contributed by atoms with E-state index in [1.807, 2.05) is 34.5 Å². The van der Waals surface area contributed by atoms with Gasteiger partial charge in [-0.2, -0.15) is 0 Å². The van der Waals surface area contributed by atoms with E-state index in [9.17, 15) is 4.79 Å². The van der Waals surface area contributed by atoms with Crippen molar-refractivity contribution in [3.05, 3.63) is 60.7 Å². The highest BCUT2D eigenvalue weighted by Gasteiger charge is 2.15. The van der Waals surface area contributed by atoms with Crippen molar-refractivity contribution in [1.82, 2.24) is 0 Å². The van der Waals surface area contributed by atoms with Gasteiger partial charge in [-0.1, -0.05) is 72.4 Å². The van der Waals surface area contributed by atoms with Crippen LogP contribution >= 0.6 is 42.1 Å². The summed E-state index contributed by atoms with van der Waals surface area (Å²) in [6.45, 7) is 0. The van der Waals surface area contributed by atoms with E-state index in [0.717, 1.165) is 5.49 Å². The minimum absolute atomic E-state index is 0.139. The Morgan fingerprint density at radius 1 is 1.00 bits per heavy atom. The molecule has 0 atom stereocenters. The normalized spacial score (nSPS) is 10.4. The van der Waals surface area contributed by atoms with E-state index in [4.69, 9.17) is 0 Å². The SMILES string of the molecule is O=C([B]I)SCP(c1ccccc1)c1ccccc1. The molecule has 0 aliphatic heterocycles. The highest BCUT2D eigenvalue weighted by molar-refractivity contribution is 14.1. The van der Waals surface area contributed by atoms with E-state index in [2.05, 4.69) is 48.5 Å². The third-order valence-electron chi connectivity index (χ3n) is 2.56. The molecule has 0 saturated carbocycles. The molecule has 0 spiro atoms. The van der Waals surface area contributed by atoms with Crippen molar-refractivity contribution >= 4 is 62.8 Å². The molecule has 0 aromatic heterocycles. The van der Waals surface area contributed by atoms with E-state index in [0.29, 0.717) is 0 Å². The molecular weight excluding hydrogens is 385 g/mol. The van der Waals surface area contributed by atoms with Gasteiger partial charge in [-0.3, -0.25) is 4.79 Å². The highest BCUT2D eigenvalue weighted by Crippen LogP contribution is 2.37. The molecule has 0 fully saturated rings. The zero-order valence-electron chi connectivity index (χ0n) is 10.2. The summed E-state index contributed by atoms with van der Waals surface area (Å²) in [5, 5.41) is 4.38. The van der Waals surface area contributed by atoms with Crippen LogP contribution in [0.15, 0.2) is 60.7 Å². The molecule has 0 bridgehead atoms. The Labute approximate surface area is 133 Å². The summed E-state index contributed by atoms with van der Waals surface area (Å²) in [5.74, 6) is 0. The average Bonchev–Trinajstić information content (AvgIpc) is 2.49. The molecule has 0 saturated heterocycles. The van der Waals surface area contributed by atoms with E-state index in [-0.39, 0.29) is 5.01 Å². The molecular formula is C14H12BIOPS. The summed E-state index contributed by atoms with van der Waals surface area (Å²) in [7, 11) is -0.470. The van der Waals surface area contributed by atoms with Gasteiger partial charge in [-0.05, 0) is 18.5 Å². The van der Waals surface area contributed by atoms with Gasteiger partial charge in [0.05, 0.1) is 0 Å². The van der Waals surface area contributed by atoms with Gasteiger partial charge in [0.15, 0.2) is 5.01 Å². The maximum Gasteiger partial charge on any atom is 0.302 e. The fourth-order valence-electron chi connectivity index (χ4n) is 1.67. The first-order valence-electron chi connectivity index (χ1n) is 5.79. The van der Waals surface area contributed by atoms with Gasteiger partial charge < -0.3 is 0 Å². The summed E-state index contributed by atoms with van der Waals surface area (Å²) >= 11 is 3.40. The van der Waals surface area contributed by atoms with Crippen molar-refractivity contribution in [1.29, 1.82) is 0 Å². The van der Waals surface area contributed by atoms with Crippen LogP contribution in [0.3, 0.4) is 0 Å². The number of thioether (sulfide) groups is 1. The van der Waals surface area contributed by atoms with Crippen LogP contribution in [0, 0.1) is 0 Å². The summed E-state index contributed by atoms with van der Waals surface area (Å²) in [6, 6.07) is 20.9. The molecule has 0 unspecified atom stereocenters. The van der Waals surface area contributed by atoms with E-state index < -0.39 is 7.92 Å². The van der Waals surface area contributed by atoms with Gasteiger partial charge in [0.25, 0.3) is 0 Å². The Kier molecular flexibility index (Phi) is 6.41. The maximum absolute atomic E-state index is 11.5. The van der Waals surface area contributed by atoms with Crippen molar-refractivity contribution in [2.24, 2.45) is 0 Å². The van der Waals surface area contributed by atoms with Crippen molar-refractivity contribution in [2.45, 2.75) is 0 Å². The summed E-state index contributed by atoms with van der Waals surface area (Å²) in [4.78, 5) is 11.5. The smallest absolute Gasteiger partial charge is 0.299 e. The zero-order valence-corrected chi connectivity index (χ0v) is 14.1. The fourth-order valence-corrected chi connectivity index (χ4v) is 5.86. The number of rotatable bonds is 5. The number of hydrogen-bond acceptors (Lipinski definition) is 2. The van der Waals surface area contributed by atoms with Gasteiger partial charge in [-0.25, -0.2) is 0 Å². The third-order valence-corrected chi connectivity index (χ3v) is 7.34. The molecule has 0 aliphatic rings. The Bertz CT molecular complexity index is 484. The Morgan fingerprint density at radius 3 is 1.89 bits per heavy atom. The van der Waals surface area contributed by atoms with Gasteiger partial charge in [0, 0.05) is 5.49 Å². The number of halogens is 1. The van der Waals surface area contributed by atoms with Crippen LogP contribution < -0.4 is 10.6 Å². The average molecular weight is 397 g/mol. The van der Waals surface area contributed by atoms with Crippen molar-refractivity contribution in [3.63, 3.8) is 0 Å². The lowest BCUT2D eigenvalue weighted by atomic mass is 10.2. The lowest BCUT2D eigenvalue weighted by molar-refractivity contribution is 0.275. The summed E-state index contributed by atoms with van der Waals surface area (Å²) in [6.07, 6.45) is 0. The van der Waals surface area contributed by atoms with Crippen molar-refractivity contribution in [3.8, 4) is 0 Å². The second kappa shape index (κ2) is 8.08. The molecule has 2 rings (SSSR count).